The monoisotopic (exact) mass is 473 g/mol. The average Bonchev–Trinajstić information content (AvgIpc) is 3.33. The molecule has 4 rings (SSSR count). The quantitative estimate of drug-likeness (QED) is 0.443. The summed E-state index contributed by atoms with van der Waals surface area (Å²) in [7, 11) is 0. The van der Waals surface area contributed by atoms with Gasteiger partial charge in [0.15, 0.2) is 0 Å². The summed E-state index contributed by atoms with van der Waals surface area (Å²) >= 11 is 12.0. The van der Waals surface area contributed by atoms with Crippen LogP contribution in [0.5, 0.6) is 5.75 Å². The van der Waals surface area contributed by atoms with Crippen LogP contribution >= 0.6 is 23.2 Å². The molecule has 1 N–H and O–H groups in total. The van der Waals surface area contributed by atoms with E-state index in [4.69, 9.17) is 32.7 Å². The number of likely N-dealkylation sites (tertiary alicyclic amines) is 1. The molecule has 0 saturated carbocycles. The molecule has 168 valence electrons. The smallest absolute Gasteiger partial charge is 0.410 e. The average molecular weight is 474 g/mol. The molecule has 1 saturated heterocycles. The molecular weight excluding hydrogens is 449 g/mol. The van der Waals surface area contributed by atoms with E-state index in [2.05, 4.69) is 9.97 Å². The third kappa shape index (κ3) is 6.17. The number of nitrogens with one attached hydrogen (secondary N) is 1. The summed E-state index contributed by atoms with van der Waals surface area (Å²) < 4.78 is 11.3. The topological polar surface area (TPSA) is 67.4 Å². The number of ether oxygens (including phenoxy) is 2. The zero-order valence-corrected chi connectivity index (χ0v) is 19.1. The number of amides is 1. The molecule has 3 aromatic rings. The van der Waals surface area contributed by atoms with Gasteiger partial charge in [-0.05, 0) is 78.8 Å². The Morgan fingerprint density at radius 3 is 2.47 bits per heavy atom. The number of imidazole rings is 1. The van der Waals surface area contributed by atoms with Crippen LogP contribution in [0, 0.1) is 5.92 Å². The molecule has 1 aliphatic heterocycles. The maximum absolute atomic E-state index is 12.4. The third-order valence-corrected chi connectivity index (χ3v) is 6.05. The predicted octanol–water partition coefficient (Wildman–Crippen LogP) is 6.20. The predicted molar refractivity (Wildman–Crippen MR) is 125 cm³/mol. The van der Waals surface area contributed by atoms with E-state index < -0.39 is 0 Å². The number of nitrogens with zero attached hydrogens (tertiary/aromatic N) is 2. The molecule has 6 nitrogen and oxygen atoms in total. The fraction of sp³-hybridized carbons (Fsp3) is 0.333. The molecule has 0 bridgehead atoms. The van der Waals surface area contributed by atoms with Gasteiger partial charge < -0.3 is 19.4 Å². The Kier molecular flexibility index (Phi) is 7.55. The van der Waals surface area contributed by atoms with Crippen LogP contribution in [-0.4, -0.2) is 40.7 Å². The fourth-order valence-electron chi connectivity index (χ4n) is 3.82. The number of hydrogen-bond donors (Lipinski definition) is 1. The largest absolute Gasteiger partial charge is 0.494 e. The molecule has 1 amide bonds. The number of H-pyrrole nitrogens is 1. The summed E-state index contributed by atoms with van der Waals surface area (Å²) in [4.78, 5) is 21.3. The Bertz CT molecular complexity index is 997. The fourth-order valence-corrected chi connectivity index (χ4v) is 4.39. The van der Waals surface area contributed by atoms with Crippen molar-refractivity contribution in [3.63, 3.8) is 0 Å². The van der Waals surface area contributed by atoms with E-state index in [9.17, 15) is 4.79 Å². The molecule has 2 heterocycles. The molecule has 0 aliphatic carbocycles. The molecular formula is C24H25Cl2N3O3. The zero-order valence-electron chi connectivity index (χ0n) is 17.6. The third-order valence-electron chi connectivity index (χ3n) is 5.62. The highest BCUT2D eigenvalue weighted by atomic mass is 35.5. The Hall–Kier alpha value is -2.70. The van der Waals surface area contributed by atoms with Gasteiger partial charge in [-0.25, -0.2) is 9.78 Å². The number of hydrogen-bond acceptors (Lipinski definition) is 4. The number of carbonyl (C=O) groups is 1. The second-order valence-electron chi connectivity index (χ2n) is 7.89. The van der Waals surface area contributed by atoms with E-state index in [0.29, 0.717) is 35.7 Å². The highest BCUT2D eigenvalue weighted by Gasteiger charge is 2.23. The minimum absolute atomic E-state index is 0.159. The second-order valence-corrected chi connectivity index (χ2v) is 8.76. The van der Waals surface area contributed by atoms with Gasteiger partial charge in [0.2, 0.25) is 0 Å². The van der Waals surface area contributed by atoms with Gasteiger partial charge in [0, 0.05) is 23.1 Å². The Morgan fingerprint density at radius 2 is 1.81 bits per heavy atom. The number of aromatic nitrogens is 2. The molecule has 0 spiro atoms. The van der Waals surface area contributed by atoms with Crippen molar-refractivity contribution in [1.82, 2.24) is 14.9 Å². The first-order chi connectivity index (χ1) is 15.6. The van der Waals surface area contributed by atoms with Crippen molar-refractivity contribution < 1.29 is 14.3 Å². The number of aromatic amines is 1. The SMILES string of the molecule is O=C(OCc1cc(Cl)cc(Cl)c1)N1CCC(CCOc2ccc(-c3cnc[nH]3)cc2)CC1. The zero-order chi connectivity index (χ0) is 22.3. The lowest BCUT2D eigenvalue weighted by molar-refractivity contribution is 0.0800. The number of benzene rings is 2. The van der Waals surface area contributed by atoms with Crippen LogP contribution in [0.2, 0.25) is 10.0 Å². The molecule has 0 radical (unpaired) electrons. The van der Waals surface area contributed by atoms with Crippen molar-refractivity contribution in [1.29, 1.82) is 0 Å². The van der Waals surface area contributed by atoms with Crippen LogP contribution < -0.4 is 4.74 Å². The van der Waals surface area contributed by atoms with Gasteiger partial charge >= 0.3 is 6.09 Å². The van der Waals surface area contributed by atoms with E-state index in [0.717, 1.165) is 41.8 Å². The molecule has 2 aromatic carbocycles. The molecule has 0 atom stereocenters. The summed E-state index contributed by atoms with van der Waals surface area (Å²) in [5.74, 6) is 1.39. The number of piperidine rings is 1. The molecule has 1 fully saturated rings. The van der Waals surface area contributed by atoms with E-state index in [1.807, 2.05) is 24.3 Å². The van der Waals surface area contributed by atoms with Gasteiger partial charge in [0.05, 0.1) is 24.8 Å². The van der Waals surface area contributed by atoms with E-state index in [1.54, 1.807) is 35.6 Å². The van der Waals surface area contributed by atoms with E-state index in [-0.39, 0.29) is 12.7 Å². The minimum atomic E-state index is -0.298. The molecule has 8 heteroatoms. The van der Waals surface area contributed by atoms with Gasteiger partial charge in [-0.1, -0.05) is 23.2 Å². The van der Waals surface area contributed by atoms with Gasteiger partial charge in [-0.2, -0.15) is 0 Å². The van der Waals surface area contributed by atoms with Crippen LogP contribution in [0.3, 0.4) is 0 Å². The summed E-state index contributed by atoms with van der Waals surface area (Å²) in [6.07, 6.45) is 6.02. The Morgan fingerprint density at radius 1 is 1.09 bits per heavy atom. The molecule has 1 aromatic heterocycles. The van der Waals surface area contributed by atoms with E-state index in [1.165, 1.54) is 0 Å². The van der Waals surface area contributed by atoms with Gasteiger partial charge in [-0.3, -0.25) is 0 Å². The van der Waals surface area contributed by atoms with Gasteiger partial charge in [0.25, 0.3) is 0 Å². The Balaban J connectivity index is 1.15. The number of halogens is 2. The normalized spacial score (nSPS) is 14.4. The first kappa shape index (κ1) is 22.5. The standard InChI is InChI=1S/C24H25Cl2N3O3/c25-20-11-18(12-21(26)13-20)15-32-24(30)29-8-5-17(6-9-29)7-10-31-22-3-1-19(2-4-22)23-14-27-16-28-23/h1-4,11-14,16-17H,5-10,15H2,(H,27,28). The maximum atomic E-state index is 12.4. The van der Waals surface area contributed by atoms with Crippen molar-refractivity contribution in [2.75, 3.05) is 19.7 Å². The minimum Gasteiger partial charge on any atom is -0.494 e. The second kappa shape index (κ2) is 10.7. The molecule has 1 aliphatic rings. The van der Waals surface area contributed by atoms with Crippen molar-refractivity contribution in [3.8, 4) is 17.0 Å². The summed E-state index contributed by atoms with van der Waals surface area (Å²) in [6.45, 7) is 2.21. The van der Waals surface area contributed by atoms with Crippen molar-refractivity contribution in [2.24, 2.45) is 5.92 Å². The molecule has 32 heavy (non-hydrogen) atoms. The lowest BCUT2D eigenvalue weighted by atomic mass is 9.94. The van der Waals surface area contributed by atoms with Crippen molar-refractivity contribution in [3.05, 3.63) is 70.6 Å². The summed E-state index contributed by atoms with van der Waals surface area (Å²) in [5, 5.41) is 1.06. The van der Waals surface area contributed by atoms with Gasteiger partial charge in [0.1, 0.15) is 12.4 Å². The van der Waals surface area contributed by atoms with Crippen LogP contribution in [0.4, 0.5) is 4.79 Å². The highest BCUT2D eigenvalue weighted by molar-refractivity contribution is 6.34. The number of rotatable bonds is 7. The lowest BCUT2D eigenvalue weighted by Gasteiger charge is -2.31. The van der Waals surface area contributed by atoms with Crippen LogP contribution in [0.15, 0.2) is 55.0 Å². The van der Waals surface area contributed by atoms with Crippen LogP contribution in [0.1, 0.15) is 24.8 Å². The first-order valence-corrected chi connectivity index (χ1v) is 11.4. The summed E-state index contributed by atoms with van der Waals surface area (Å²) in [5.41, 5.74) is 2.84. The highest BCUT2D eigenvalue weighted by Crippen LogP contribution is 2.24. The molecule has 0 unspecified atom stereocenters. The van der Waals surface area contributed by atoms with Crippen molar-refractivity contribution in [2.45, 2.75) is 25.9 Å². The maximum Gasteiger partial charge on any atom is 0.410 e. The lowest BCUT2D eigenvalue weighted by Crippen LogP contribution is -2.39. The summed E-state index contributed by atoms with van der Waals surface area (Å²) in [6, 6.07) is 13.1. The van der Waals surface area contributed by atoms with Crippen molar-refractivity contribution >= 4 is 29.3 Å². The Labute approximate surface area is 197 Å². The van der Waals surface area contributed by atoms with Gasteiger partial charge in [-0.15, -0.1) is 0 Å². The first-order valence-electron chi connectivity index (χ1n) is 10.6. The van der Waals surface area contributed by atoms with E-state index >= 15 is 0 Å². The number of carbonyl (C=O) groups excluding carboxylic acids is 1. The van der Waals surface area contributed by atoms with Crippen LogP contribution in [-0.2, 0) is 11.3 Å². The van der Waals surface area contributed by atoms with Crippen LogP contribution in [0.25, 0.3) is 11.3 Å².